The Kier molecular flexibility index (Phi) is 4.23. The zero-order chi connectivity index (χ0) is 10.6. The van der Waals surface area contributed by atoms with Gasteiger partial charge in [0, 0.05) is 31.4 Å². The highest BCUT2D eigenvalue weighted by molar-refractivity contribution is 6.30. The largest absolute Gasteiger partial charge is 0.377 e. The van der Waals surface area contributed by atoms with Gasteiger partial charge in [0.15, 0.2) is 0 Å². The van der Waals surface area contributed by atoms with Crippen LogP contribution in [0.15, 0.2) is 18.2 Å². The average molecular weight is 213 g/mol. The molecule has 0 heterocycles. The van der Waals surface area contributed by atoms with Crippen molar-refractivity contribution in [3.05, 3.63) is 28.8 Å². The molecule has 0 saturated carbocycles. The monoisotopic (exact) mass is 212 g/mol. The van der Waals surface area contributed by atoms with Crippen LogP contribution in [0.25, 0.3) is 0 Å². The molecule has 0 saturated heterocycles. The van der Waals surface area contributed by atoms with Crippen molar-refractivity contribution in [2.24, 2.45) is 0 Å². The Hall–Kier alpha value is -0.730. The van der Waals surface area contributed by atoms with Crippen LogP contribution in [0.1, 0.15) is 12.5 Å². The second-order valence-electron chi connectivity index (χ2n) is 3.45. The zero-order valence-electron chi connectivity index (χ0n) is 8.97. The quantitative estimate of drug-likeness (QED) is 0.825. The minimum absolute atomic E-state index is 0.786. The minimum atomic E-state index is 0.786. The first kappa shape index (κ1) is 11.3. The summed E-state index contributed by atoms with van der Waals surface area (Å²) in [7, 11) is 4.06. The van der Waals surface area contributed by atoms with Gasteiger partial charge in [0.05, 0.1) is 0 Å². The topological polar surface area (TPSA) is 15.3 Å². The lowest BCUT2D eigenvalue weighted by atomic mass is 10.1. The molecule has 1 aromatic rings. The van der Waals surface area contributed by atoms with Gasteiger partial charge in [0.2, 0.25) is 0 Å². The molecular weight excluding hydrogens is 196 g/mol. The van der Waals surface area contributed by atoms with Crippen molar-refractivity contribution in [2.45, 2.75) is 13.5 Å². The molecule has 1 N–H and O–H groups in total. The highest BCUT2D eigenvalue weighted by atomic mass is 35.5. The van der Waals surface area contributed by atoms with Crippen molar-refractivity contribution >= 4 is 17.3 Å². The first-order chi connectivity index (χ1) is 6.65. The van der Waals surface area contributed by atoms with Gasteiger partial charge in [-0.25, -0.2) is 0 Å². The van der Waals surface area contributed by atoms with E-state index in [4.69, 9.17) is 11.6 Å². The van der Waals surface area contributed by atoms with Crippen LogP contribution in [0.2, 0.25) is 5.02 Å². The first-order valence-corrected chi connectivity index (χ1v) is 5.19. The second-order valence-corrected chi connectivity index (χ2v) is 3.88. The van der Waals surface area contributed by atoms with E-state index in [-0.39, 0.29) is 0 Å². The van der Waals surface area contributed by atoms with E-state index in [9.17, 15) is 0 Å². The van der Waals surface area contributed by atoms with Crippen molar-refractivity contribution in [1.82, 2.24) is 5.32 Å². The lowest BCUT2D eigenvalue weighted by Gasteiger charge is -2.17. The molecule has 1 aromatic carbocycles. The molecule has 0 aliphatic heterocycles. The summed E-state index contributed by atoms with van der Waals surface area (Å²) in [5, 5.41) is 4.10. The molecular formula is C11H17ClN2. The number of nitrogens with zero attached hydrogens (tertiary/aromatic N) is 1. The van der Waals surface area contributed by atoms with E-state index >= 15 is 0 Å². The van der Waals surface area contributed by atoms with Gasteiger partial charge in [0.1, 0.15) is 0 Å². The third kappa shape index (κ3) is 2.89. The minimum Gasteiger partial charge on any atom is -0.377 e. The molecule has 0 aromatic heterocycles. The van der Waals surface area contributed by atoms with E-state index in [1.165, 1.54) is 11.3 Å². The van der Waals surface area contributed by atoms with Crippen LogP contribution in [-0.2, 0) is 6.54 Å². The average Bonchev–Trinajstić information content (AvgIpc) is 2.15. The van der Waals surface area contributed by atoms with E-state index in [2.05, 4.69) is 23.2 Å². The number of hydrogen-bond donors (Lipinski definition) is 1. The summed E-state index contributed by atoms with van der Waals surface area (Å²) in [6.45, 7) is 3.97. The SMILES string of the molecule is CCNCc1ccc(Cl)cc1N(C)C. The van der Waals surface area contributed by atoms with Crippen LogP contribution in [0, 0.1) is 0 Å². The summed E-state index contributed by atoms with van der Waals surface area (Å²) < 4.78 is 0. The Morgan fingerprint density at radius 3 is 2.64 bits per heavy atom. The molecule has 78 valence electrons. The van der Waals surface area contributed by atoms with E-state index in [1.54, 1.807) is 0 Å². The van der Waals surface area contributed by atoms with E-state index in [0.29, 0.717) is 0 Å². The van der Waals surface area contributed by atoms with Gasteiger partial charge in [-0.1, -0.05) is 24.6 Å². The number of benzene rings is 1. The maximum atomic E-state index is 5.95. The number of anilines is 1. The van der Waals surface area contributed by atoms with Gasteiger partial charge in [-0.05, 0) is 24.2 Å². The van der Waals surface area contributed by atoms with Gasteiger partial charge < -0.3 is 10.2 Å². The summed E-state index contributed by atoms with van der Waals surface area (Å²) in [5.74, 6) is 0. The molecule has 0 spiro atoms. The fourth-order valence-electron chi connectivity index (χ4n) is 1.36. The molecule has 0 bridgehead atoms. The maximum Gasteiger partial charge on any atom is 0.0426 e. The summed E-state index contributed by atoms with van der Waals surface area (Å²) in [6, 6.07) is 6.00. The van der Waals surface area contributed by atoms with Gasteiger partial charge in [-0.3, -0.25) is 0 Å². The number of halogens is 1. The highest BCUT2D eigenvalue weighted by Crippen LogP contribution is 2.23. The van der Waals surface area contributed by atoms with E-state index in [0.717, 1.165) is 18.1 Å². The van der Waals surface area contributed by atoms with Crippen molar-refractivity contribution in [1.29, 1.82) is 0 Å². The van der Waals surface area contributed by atoms with Crippen molar-refractivity contribution in [3.63, 3.8) is 0 Å². The van der Waals surface area contributed by atoms with Crippen LogP contribution in [-0.4, -0.2) is 20.6 Å². The molecule has 0 unspecified atom stereocenters. The van der Waals surface area contributed by atoms with Crippen molar-refractivity contribution in [3.8, 4) is 0 Å². The summed E-state index contributed by atoms with van der Waals surface area (Å²) >= 11 is 5.95. The van der Waals surface area contributed by atoms with Gasteiger partial charge in [0.25, 0.3) is 0 Å². The Balaban J connectivity index is 2.90. The molecule has 0 radical (unpaired) electrons. The number of hydrogen-bond acceptors (Lipinski definition) is 2. The molecule has 0 aliphatic rings. The number of rotatable bonds is 4. The van der Waals surface area contributed by atoms with Crippen molar-refractivity contribution < 1.29 is 0 Å². The first-order valence-electron chi connectivity index (χ1n) is 4.81. The Morgan fingerprint density at radius 1 is 1.36 bits per heavy atom. The van der Waals surface area contributed by atoms with Gasteiger partial charge in [-0.2, -0.15) is 0 Å². The van der Waals surface area contributed by atoms with E-state index in [1.807, 2.05) is 26.2 Å². The Labute approximate surface area is 90.9 Å². The lowest BCUT2D eigenvalue weighted by molar-refractivity contribution is 0.725. The molecule has 2 nitrogen and oxygen atoms in total. The molecule has 1 rings (SSSR count). The van der Waals surface area contributed by atoms with Crippen LogP contribution < -0.4 is 10.2 Å². The lowest BCUT2D eigenvalue weighted by Crippen LogP contribution is -2.17. The normalized spacial score (nSPS) is 10.3. The van der Waals surface area contributed by atoms with E-state index < -0.39 is 0 Å². The van der Waals surface area contributed by atoms with Crippen molar-refractivity contribution in [2.75, 3.05) is 25.5 Å². The maximum absolute atomic E-state index is 5.95. The third-order valence-corrected chi connectivity index (χ3v) is 2.33. The van der Waals surface area contributed by atoms with Crippen LogP contribution >= 0.6 is 11.6 Å². The summed E-state index contributed by atoms with van der Waals surface area (Å²) in [6.07, 6.45) is 0. The predicted octanol–water partition coefficient (Wildman–Crippen LogP) is 2.52. The van der Waals surface area contributed by atoms with Crippen LogP contribution in [0.4, 0.5) is 5.69 Å². The molecule has 0 aliphatic carbocycles. The Bertz CT molecular complexity index is 297. The summed E-state index contributed by atoms with van der Waals surface area (Å²) in [4.78, 5) is 2.08. The predicted molar refractivity (Wildman–Crippen MR) is 63.2 cm³/mol. The fraction of sp³-hybridized carbons (Fsp3) is 0.455. The molecule has 14 heavy (non-hydrogen) atoms. The van der Waals surface area contributed by atoms with Crippen LogP contribution in [0.3, 0.4) is 0 Å². The Morgan fingerprint density at radius 2 is 2.07 bits per heavy atom. The van der Waals surface area contributed by atoms with Crippen LogP contribution in [0.5, 0.6) is 0 Å². The molecule has 3 heteroatoms. The van der Waals surface area contributed by atoms with Gasteiger partial charge in [-0.15, -0.1) is 0 Å². The summed E-state index contributed by atoms with van der Waals surface area (Å²) in [5.41, 5.74) is 2.46. The van der Waals surface area contributed by atoms with Gasteiger partial charge >= 0.3 is 0 Å². The standard InChI is InChI=1S/C11H17ClN2/c1-4-13-8-9-5-6-10(12)7-11(9)14(2)3/h5-7,13H,4,8H2,1-3H3. The third-order valence-electron chi connectivity index (χ3n) is 2.09. The highest BCUT2D eigenvalue weighted by Gasteiger charge is 2.04. The molecule has 0 fully saturated rings. The smallest absolute Gasteiger partial charge is 0.0426 e. The molecule has 0 amide bonds. The number of nitrogens with one attached hydrogen (secondary N) is 1. The molecule has 0 atom stereocenters. The fourth-order valence-corrected chi connectivity index (χ4v) is 1.53. The second kappa shape index (κ2) is 5.23. The zero-order valence-corrected chi connectivity index (χ0v) is 9.73.